The highest BCUT2D eigenvalue weighted by Gasteiger charge is 2.32. The number of fused-ring (bicyclic) bond motifs is 1. The highest BCUT2D eigenvalue weighted by molar-refractivity contribution is 9.10. The molecule has 0 saturated heterocycles. The van der Waals surface area contributed by atoms with Crippen molar-refractivity contribution in [2.45, 2.75) is 32.3 Å². The van der Waals surface area contributed by atoms with Gasteiger partial charge in [0.1, 0.15) is 11.9 Å². The maximum absolute atomic E-state index is 10.6. The lowest BCUT2D eigenvalue weighted by Gasteiger charge is -2.18. The topological polar surface area (TPSA) is 29.5 Å². The fraction of sp³-hybridized carbons (Fsp3) is 0.333. The maximum Gasteiger partial charge on any atom is 0.123 e. The molecule has 0 radical (unpaired) electrons. The molecule has 1 atom stereocenters. The lowest BCUT2D eigenvalue weighted by molar-refractivity contribution is 0.220. The van der Waals surface area contributed by atoms with Gasteiger partial charge in [0.05, 0.1) is 6.61 Å². The number of halogens is 1. The maximum atomic E-state index is 10.6. The van der Waals surface area contributed by atoms with Crippen molar-refractivity contribution in [3.05, 3.63) is 63.1 Å². The summed E-state index contributed by atoms with van der Waals surface area (Å²) in [6.45, 7) is 7.06. The molecule has 1 N–H and O–H groups in total. The fourth-order valence-corrected chi connectivity index (χ4v) is 3.08. The van der Waals surface area contributed by atoms with Crippen molar-refractivity contribution in [2.75, 3.05) is 6.61 Å². The van der Waals surface area contributed by atoms with Gasteiger partial charge in [0.25, 0.3) is 0 Å². The molecule has 0 aromatic heterocycles. The molecule has 2 nitrogen and oxygen atoms in total. The van der Waals surface area contributed by atoms with Crippen molar-refractivity contribution in [3.8, 4) is 5.75 Å². The van der Waals surface area contributed by atoms with Crippen LogP contribution < -0.4 is 4.74 Å². The SMILES string of the molecule is Cc1ccc(C(O)c2ccc3c(c2)C(C)(C)CO3)cc1Br. The van der Waals surface area contributed by atoms with Gasteiger partial charge in [-0.1, -0.05) is 48.0 Å². The summed E-state index contributed by atoms with van der Waals surface area (Å²) in [5, 5.41) is 10.6. The summed E-state index contributed by atoms with van der Waals surface area (Å²) in [4.78, 5) is 0. The number of rotatable bonds is 2. The average molecular weight is 347 g/mol. The van der Waals surface area contributed by atoms with Crippen LogP contribution in [0.1, 0.15) is 42.2 Å². The second kappa shape index (κ2) is 5.15. The summed E-state index contributed by atoms with van der Waals surface area (Å²) in [7, 11) is 0. The zero-order valence-electron chi connectivity index (χ0n) is 12.5. The lowest BCUT2D eigenvalue weighted by atomic mass is 9.85. The third-order valence-corrected chi connectivity index (χ3v) is 5.00. The second-order valence-electron chi connectivity index (χ2n) is 6.34. The Morgan fingerprint density at radius 1 is 1.14 bits per heavy atom. The number of hydrogen-bond donors (Lipinski definition) is 1. The van der Waals surface area contributed by atoms with E-state index in [0.717, 1.165) is 26.9 Å². The van der Waals surface area contributed by atoms with Crippen molar-refractivity contribution >= 4 is 15.9 Å². The van der Waals surface area contributed by atoms with E-state index in [0.29, 0.717) is 6.61 Å². The van der Waals surface area contributed by atoms with Crippen molar-refractivity contribution in [1.29, 1.82) is 0 Å². The Morgan fingerprint density at radius 2 is 1.81 bits per heavy atom. The Labute approximate surface area is 133 Å². The smallest absolute Gasteiger partial charge is 0.123 e. The molecule has 0 amide bonds. The summed E-state index contributed by atoms with van der Waals surface area (Å²) >= 11 is 3.52. The van der Waals surface area contributed by atoms with E-state index in [1.165, 1.54) is 5.56 Å². The van der Waals surface area contributed by atoms with Crippen LogP contribution in [0.25, 0.3) is 0 Å². The zero-order chi connectivity index (χ0) is 15.2. The Bertz CT molecular complexity index is 692. The third-order valence-electron chi connectivity index (χ3n) is 4.15. The van der Waals surface area contributed by atoms with Crippen LogP contribution in [-0.2, 0) is 5.41 Å². The molecule has 0 spiro atoms. The number of benzene rings is 2. The molecule has 3 heteroatoms. The molecule has 1 heterocycles. The predicted molar refractivity (Wildman–Crippen MR) is 87.9 cm³/mol. The van der Waals surface area contributed by atoms with Gasteiger partial charge in [0, 0.05) is 15.5 Å². The van der Waals surface area contributed by atoms with E-state index in [1.54, 1.807) is 0 Å². The first-order valence-electron chi connectivity index (χ1n) is 7.10. The van der Waals surface area contributed by atoms with Crippen LogP contribution in [-0.4, -0.2) is 11.7 Å². The molecule has 1 aliphatic rings. The van der Waals surface area contributed by atoms with Crippen molar-refractivity contribution < 1.29 is 9.84 Å². The van der Waals surface area contributed by atoms with E-state index in [4.69, 9.17) is 4.74 Å². The standard InChI is InChI=1S/C18H19BrO2/c1-11-4-5-13(9-15(11)19)17(20)12-6-7-16-14(8-12)18(2,3)10-21-16/h4-9,17,20H,10H2,1-3H3. The zero-order valence-corrected chi connectivity index (χ0v) is 14.1. The molecule has 0 saturated carbocycles. The van der Waals surface area contributed by atoms with Gasteiger partial charge >= 0.3 is 0 Å². The van der Waals surface area contributed by atoms with Gasteiger partial charge in [0.15, 0.2) is 0 Å². The summed E-state index contributed by atoms with van der Waals surface area (Å²) in [6, 6.07) is 11.9. The molecule has 1 unspecified atom stereocenters. The first-order chi connectivity index (χ1) is 9.88. The van der Waals surface area contributed by atoms with Crippen molar-refractivity contribution in [1.82, 2.24) is 0 Å². The van der Waals surface area contributed by atoms with Gasteiger partial charge in [-0.25, -0.2) is 0 Å². The number of hydrogen-bond acceptors (Lipinski definition) is 2. The van der Waals surface area contributed by atoms with Gasteiger partial charge in [0.2, 0.25) is 0 Å². The lowest BCUT2D eigenvalue weighted by Crippen LogP contribution is -2.18. The van der Waals surface area contributed by atoms with Gasteiger partial charge in [-0.15, -0.1) is 0 Å². The minimum Gasteiger partial charge on any atom is -0.492 e. The normalized spacial score (nSPS) is 17.2. The van der Waals surface area contributed by atoms with Crippen LogP contribution >= 0.6 is 15.9 Å². The summed E-state index contributed by atoms with van der Waals surface area (Å²) in [5.74, 6) is 0.932. The second-order valence-corrected chi connectivity index (χ2v) is 7.19. The highest BCUT2D eigenvalue weighted by atomic mass is 79.9. The molecule has 0 aliphatic carbocycles. The van der Waals surface area contributed by atoms with E-state index in [1.807, 2.05) is 37.3 Å². The number of aliphatic hydroxyl groups is 1. The van der Waals surface area contributed by atoms with Gasteiger partial charge in [-0.2, -0.15) is 0 Å². The molecule has 21 heavy (non-hydrogen) atoms. The monoisotopic (exact) mass is 346 g/mol. The molecule has 0 bridgehead atoms. The molecule has 1 aliphatic heterocycles. The Morgan fingerprint density at radius 3 is 2.52 bits per heavy atom. The van der Waals surface area contributed by atoms with Crippen LogP contribution in [0.4, 0.5) is 0 Å². The van der Waals surface area contributed by atoms with Crippen LogP contribution in [0, 0.1) is 6.92 Å². The molecule has 0 fully saturated rings. The molecular weight excluding hydrogens is 328 g/mol. The van der Waals surface area contributed by atoms with E-state index >= 15 is 0 Å². The Balaban J connectivity index is 1.99. The fourth-order valence-electron chi connectivity index (χ4n) is 2.68. The minimum absolute atomic E-state index is 0.00107. The van der Waals surface area contributed by atoms with E-state index in [-0.39, 0.29) is 5.41 Å². The highest BCUT2D eigenvalue weighted by Crippen LogP contribution is 2.40. The third kappa shape index (κ3) is 2.60. The van der Waals surface area contributed by atoms with Crippen molar-refractivity contribution in [3.63, 3.8) is 0 Å². The molecule has 2 aromatic carbocycles. The quantitative estimate of drug-likeness (QED) is 0.866. The first kappa shape index (κ1) is 14.6. The van der Waals surface area contributed by atoms with Gasteiger partial charge in [-0.3, -0.25) is 0 Å². The first-order valence-corrected chi connectivity index (χ1v) is 7.89. The van der Waals surface area contributed by atoms with E-state index in [9.17, 15) is 5.11 Å². The predicted octanol–water partition coefficient (Wildman–Crippen LogP) is 4.51. The van der Waals surface area contributed by atoms with E-state index in [2.05, 4.69) is 35.8 Å². The van der Waals surface area contributed by atoms with Gasteiger partial charge in [-0.05, 0) is 41.8 Å². The Hall–Kier alpha value is -1.32. The van der Waals surface area contributed by atoms with Crippen LogP contribution in [0.3, 0.4) is 0 Å². The Kier molecular flexibility index (Phi) is 3.58. The van der Waals surface area contributed by atoms with Crippen molar-refractivity contribution in [2.24, 2.45) is 0 Å². The molecular formula is C18H19BrO2. The summed E-state index contributed by atoms with van der Waals surface area (Å²) in [5.41, 5.74) is 4.13. The summed E-state index contributed by atoms with van der Waals surface area (Å²) < 4.78 is 6.72. The van der Waals surface area contributed by atoms with Crippen LogP contribution in [0.2, 0.25) is 0 Å². The average Bonchev–Trinajstić information content (AvgIpc) is 2.76. The number of ether oxygens (including phenoxy) is 1. The molecule has 2 aromatic rings. The number of aryl methyl sites for hydroxylation is 1. The molecule has 3 rings (SSSR count). The minimum atomic E-state index is -0.622. The van der Waals surface area contributed by atoms with Gasteiger partial charge < -0.3 is 9.84 Å². The number of aliphatic hydroxyl groups excluding tert-OH is 1. The van der Waals surface area contributed by atoms with Crippen LogP contribution in [0.15, 0.2) is 40.9 Å². The largest absolute Gasteiger partial charge is 0.492 e. The van der Waals surface area contributed by atoms with E-state index < -0.39 is 6.10 Å². The summed E-state index contributed by atoms with van der Waals surface area (Å²) in [6.07, 6.45) is -0.622. The van der Waals surface area contributed by atoms with Crippen LogP contribution in [0.5, 0.6) is 5.75 Å². The molecule has 110 valence electrons.